The van der Waals surface area contributed by atoms with Gasteiger partial charge in [0.25, 0.3) is 0 Å². The van der Waals surface area contributed by atoms with E-state index in [4.69, 9.17) is 0 Å². The molecule has 0 heterocycles. The lowest BCUT2D eigenvalue weighted by Crippen LogP contribution is -2.30. The molecule has 1 rings (SSSR count). The van der Waals surface area contributed by atoms with Crippen molar-refractivity contribution in [3.05, 3.63) is 29.6 Å². The Kier molecular flexibility index (Phi) is 4.13. The number of rotatable bonds is 4. The first kappa shape index (κ1) is 12.0. The monoisotopic (exact) mass is 209 g/mol. The third-order valence-electron chi connectivity index (χ3n) is 3.04. The van der Waals surface area contributed by atoms with Gasteiger partial charge in [0, 0.05) is 18.8 Å². The Morgan fingerprint density at radius 3 is 2.33 bits per heavy atom. The molecule has 1 aromatic rings. The van der Waals surface area contributed by atoms with Crippen LogP contribution < -0.4 is 4.90 Å². The van der Waals surface area contributed by atoms with Gasteiger partial charge in [-0.3, -0.25) is 0 Å². The Morgan fingerprint density at radius 1 is 1.27 bits per heavy atom. The van der Waals surface area contributed by atoms with Crippen LogP contribution in [0.25, 0.3) is 0 Å². The van der Waals surface area contributed by atoms with Crippen molar-refractivity contribution in [2.24, 2.45) is 0 Å². The van der Waals surface area contributed by atoms with Crippen molar-refractivity contribution in [1.29, 1.82) is 0 Å². The van der Waals surface area contributed by atoms with E-state index in [2.05, 4.69) is 25.8 Å². The molecule has 84 valence electrons. The van der Waals surface area contributed by atoms with E-state index in [1.165, 1.54) is 0 Å². The molecule has 0 spiro atoms. The van der Waals surface area contributed by atoms with Crippen LogP contribution >= 0.6 is 0 Å². The normalized spacial score (nSPS) is 10.8. The van der Waals surface area contributed by atoms with Crippen LogP contribution in [-0.2, 0) is 0 Å². The fourth-order valence-corrected chi connectivity index (χ4v) is 1.90. The van der Waals surface area contributed by atoms with E-state index < -0.39 is 0 Å². The van der Waals surface area contributed by atoms with Gasteiger partial charge in [-0.15, -0.1) is 0 Å². The SMILES string of the molecule is CCC(CC)N(C)c1ccc(F)c(C)c1. The van der Waals surface area contributed by atoms with E-state index in [-0.39, 0.29) is 5.82 Å². The van der Waals surface area contributed by atoms with Crippen molar-refractivity contribution in [1.82, 2.24) is 0 Å². The highest BCUT2D eigenvalue weighted by atomic mass is 19.1. The summed E-state index contributed by atoms with van der Waals surface area (Å²) in [5.41, 5.74) is 1.81. The summed E-state index contributed by atoms with van der Waals surface area (Å²) < 4.78 is 13.1. The Bertz CT molecular complexity index is 318. The average molecular weight is 209 g/mol. The Labute approximate surface area is 91.9 Å². The summed E-state index contributed by atoms with van der Waals surface area (Å²) in [6.45, 7) is 6.17. The van der Waals surface area contributed by atoms with Gasteiger partial charge < -0.3 is 4.90 Å². The van der Waals surface area contributed by atoms with E-state index in [1.807, 2.05) is 12.1 Å². The highest BCUT2D eigenvalue weighted by Crippen LogP contribution is 2.21. The van der Waals surface area contributed by atoms with Crippen LogP contribution in [0.15, 0.2) is 18.2 Å². The van der Waals surface area contributed by atoms with Gasteiger partial charge in [-0.05, 0) is 43.5 Å². The molecule has 15 heavy (non-hydrogen) atoms. The third kappa shape index (κ3) is 2.71. The van der Waals surface area contributed by atoms with E-state index in [9.17, 15) is 4.39 Å². The molecule has 0 aliphatic rings. The molecule has 1 nitrogen and oxygen atoms in total. The van der Waals surface area contributed by atoms with Gasteiger partial charge in [0.15, 0.2) is 0 Å². The number of benzene rings is 1. The maximum atomic E-state index is 13.1. The van der Waals surface area contributed by atoms with E-state index in [1.54, 1.807) is 13.0 Å². The lowest BCUT2D eigenvalue weighted by atomic mass is 10.1. The van der Waals surface area contributed by atoms with Crippen molar-refractivity contribution in [2.75, 3.05) is 11.9 Å². The number of anilines is 1. The highest BCUT2D eigenvalue weighted by Gasteiger charge is 2.11. The summed E-state index contributed by atoms with van der Waals surface area (Å²) >= 11 is 0. The summed E-state index contributed by atoms with van der Waals surface area (Å²) in [5, 5.41) is 0. The van der Waals surface area contributed by atoms with Gasteiger partial charge in [-0.2, -0.15) is 0 Å². The molecule has 0 amide bonds. The van der Waals surface area contributed by atoms with Crippen molar-refractivity contribution >= 4 is 5.69 Å². The first-order valence-corrected chi connectivity index (χ1v) is 5.59. The Balaban J connectivity index is 2.90. The Hall–Kier alpha value is -1.05. The molecule has 0 N–H and O–H groups in total. The maximum Gasteiger partial charge on any atom is 0.126 e. The van der Waals surface area contributed by atoms with Crippen LogP contribution in [0, 0.1) is 12.7 Å². The molecular weight excluding hydrogens is 189 g/mol. The molecular formula is C13H20FN. The van der Waals surface area contributed by atoms with Crippen molar-refractivity contribution in [3.8, 4) is 0 Å². The lowest BCUT2D eigenvalue weighted by Gasteiger charge is -2.28. The summed E-state index contributed by atoms with van der Waals surface area (Å²) in [6.07, 6.45) is 2.23. The number of aryl methyl sites for hydroxylation is 1. The number of hydrogen-bond acceptors (Lipinski definition) is 1. The minimum Gasteiger partial charge on any atom is -0.372 e. The average Bonchev–Trinajstić information content (AvgIpc) is 2.23. The summed E-state index contributed by atoms with van der Waals surface area (Å²) in [5.74, 6) is -0.128. The quantitative estimate of drug-likeness (QED) is 0.729. The van der Waals surface area contributed by atoms with Gasteiger partial charge >= 0.3 is 0 Å². The molecule has 0 bridgehead atoms. The molecule has 2 heteroatoms. The van der Waals surface area contributed by atoms with Gasteiger partial charge in [0.05, 0.1) is 0 Å². The van der Waals surface area contributed by atoms with Crippen LogP contribution in [0.5, 0.6) is 0 Å². The predicted molar refractivity (Wildman–Crippen MR) is 63.9 cm³/mol. The lowest BCUT2D eigenvalue weighted by molar-refractivity contribution is 0.588. The molecule has 0 radical (unpaired) electrons. The zero-order chi connectivity index (χ0) is 11.4. The van der Waals surface area contributed by atoms with Gasteiger partial charge in [0.1, 0.15) is 5.82 Å². The van der Waals surface area contributed by atoms with Crippen molar-refractivity contribution in [2.45, 2.75) is 39.7 Å². The molecule has 1 aromatic carbocycles. The standard InChI is InChI=1S/C13H20FN/c1-5-11(6-2)15(4)12-7-8-13(14)10(3)9-12/h7-9,11H,5-6H2,1-4H3. The third-order valence-corrected chi connectivity index (χ3v) is 3.04. The molecule has 0 saturated heterocycles. The highest BCUT2D eigenvalue weighted by molar-refractivity contribution is 5.48. The zero-order valence-corrected chi connectivity index (χ0v) is 10.0. The van der Waals surface area contributed by atoms with Crippen LogP contribution in [0.1, 0.15) is 32.3 Å². The molecule has 0 aliphatic heterocycles. The van der Waals surface area contributed by atoms with Crippen LogP contribution in [0.4, 0.5) is 10.1 Å². The molecule has 0 unspecified atom stereocenters. The van der Waals surface area contributed by atoms with E-state index in [0.717, 1.165) is 18.5 Å². The van der Waals surface area contributed by atoms with Gasteiger partial charge in [-0.25, -0.2) is 4.39 Å². The number of hydrogen-bond donors (Lipinski definition) is 0. The Morgan fingerprint density at radius 2 is 1.87 bits per heavy atom. The van der Waals surface area contributed by atoms with Crippen LogP contribution in [0.2, 0.25) is 0 Å². The molecule has 0 aliphatic carbocycles. The van der Waals surface area contributed by atoms with Gasteiger partial charge in [-0.1, -0.05) is 13.8 Å². The van der Waals surface area contributed by atoms with Crippen molar-refractivity contribution in [3.63, 3.8) is 0 Å². The topological polar surface area (TPSA) is 3.24 Å². The minimum absolute atomic E-state index is 0.128. The first-order chi connectivity index (χ1) is 7.10. The van der Waals surface area contributed by atoms with E-state index >= 15 is 0 Å². The number of nitrogens with zero attached hydrogens (tertiary/aromatic N) is 1. The number of halogens is 1. The smallest absolute Gasteiger partial charge is 0.126 e. The fourth-order valence-electron chi connectivity index (χ4n) is 1.90. The minimum atomic E-state index is -0.128. The molecule has 0 atom stereocenters. The summed E-state index contributed by atoms with van der Waals surface area (Å²) in [7, 11) is 2.07. The zero-order valence-electron chi connectivity index (χ0n) is 10.0. The fraction of sp³-hybridized carbons (Fsp3) is 0.538. The second kappa shape index (κ2) is 5.15. The van der Waals surface area contributed by atoms with Crippen molar-refractivity contribution < 1.29 is 4.39 Å². The second-order valence-corrected chi connectivity index (χ2v) is 4.01. The molecule has 0 aromatic heterocycles. The predicted octanol–water partition coefficient (Wildman–Crippen LogP) is 3.76. The summed E-state index contributed by atoms with van der Waals surface area (Å²) in [4.78, 5) is 2.23. The summed E-state index contributed by atoms with van der Waals surface area (Å²) in [6, 6.07) is 5.84. The molecule has 0 saturated carbocycles. The van der Waals surface area contributed by atoms with E-state index in [0.29, 0.717) is 11.6 Å². The second-order valence-electron chi connectivity index (χ2n) is 4.01. The maximum absolute atomic E-state index is 13.1. The molecule has 0 fully saturated rings. The van der Waals surface area contributed by atoms with Gasteiger partial charge in [0.2, 0.25) is 0 Å². The van der Waals surface area contributed by atoms with Crippen LogP contribution in [-0.4, -0.2) is 13.1 Å². The largest absolute Gasteiger partial charge is 0.372 e. The van der Waals surface area contributed by atoms with Crippen LogP contribution in [0.3, 0.4) is 0 Å². The first-order valence-electron chi connectivity index (χ1n) is 5.59.